The molecule has 4 rings (SSSR count). The first-order chi connectivity index (χ1) is 14.8. The van der Waals surface area contributed by atoms with E-state index in [0.29, 0.717) is 38.0 Å². The van der Waals surface area contributed by atoms with E-state index >= 15 is 0 Å². The number of alkyl halides is 3. The number of anilines is 2. The molecule has 11 heteroatoms. The maximum atomic E-state index is 13.7. The number of rotatable bonds is 4. The van der Waals surface area contributed by atoms with Crippen LogP contribution in [0.25, 0.3) is 11.4 Å². The number of nitrogens with one attached hydrogen (secondary N) is 2. The van der Waals surface area contributed by atoms with Crippen LogP contribution >= 0.6 is 0 Å². The second-order valence-corrected chi connectivity index (χ2v) is 7.69. The van der Waals surface area contributed by atoms with Gasteiger partial charge >= 0.3 is 12.3 Å². The molecule has 0 unspecified atom stereocenters. The molecule has 0 aliphatic carbocycles. The molecule has 1 saturated heterocycles. The quantitative estimate of drug-likeness (QED) is 0.754. The summed E-state index contributed by atoms with van der Waals surface area (Å²) in [6.07, 6.45) is -3.47. The third kappa shape index (κ3) is 4.41. The van der Waals surface area contributed by atoms with Crippen LogP contribution in [0.3, 0.4) is 0 Å². The van der Waals surface area contributed by atoms with E-state index in [-0.39, 0.29) is 29.1 Å². The van der Waals surface area contributed by atoms with Gasteiger partial charge in [0.2, 0.25) is 0 Å². The monoisotopic (exact) mass is 436 g/mol. The van der Waals surface area contributed by atoms with Gasteiger partial charge < -0.3 is 15.0 Å². The van der Waals surface area contributed by atoms with E-state index in [1.54, 1.807) is 0 Å². The van der Waals surface area contributed by atoms with E-state index in [1.807, 2.05) is 18.7 Å². The van der Waals surface area contributed by atoms with Crippen molar-refractivity contribution in [2.75, 3.05) is 29.9 Å². The molecule has 1 amide bonds. The molecule has 166 valence electrons. The molecule has 0 bridgehead atoms. The zero-order valence-corrected chi connectivity index (χ0v) is 17.2. The Balaban J connectivity index is 1.85. The molecule has 8 nitrogen and oxygen atoms in total. The number of ether oxygens (including phenoxy) is 1. The Bertz CT molecular complexity index is 984. The zero-order chi connectivity index (χ0) is 22.2. The lowest BCUT2D eigenvalue weighted by atomic mass is 9.99. The predicted octanol–water partition coefficient (Wildman–Crippen LogP) is 3.76. The van der Waals surface area contributed by atoms with Gasteiger partial charge in [-0.3, -0.25) is 5.32 Å². The molecule has 2 atom stereocenters. The first-order valence-corrected chi connectivity index (χ1v) is 10.2. The van der Waals surface area contributed by atoms with Gasteiger partial charge in [-0.05, 0) is 25.5 Å². The summed E-state index contributed by atoms with van der Waals surface area (Å²) < 4.78 is 46.5. The first kappa shape index (κ1) is 21.3. The van der Waals surface area contributed by atoms with Crippen LogP contribution < -0.4 is 15.5 Å². The van der Waals surface area contributed by atoms with Gasteiger partial charge in [0.1, 0.15) is 29.8 Å². The lowest BCUT2D eigenvalue weighted by molar-refractivity contribution is -0.137. The average molecular weight is 436 g/mol. The van der Waals surface area contributed by atoms with Crippen molar-refractivity contribution in [2.45, 2.75) is 45.0 Å². The van der Waals surface area contributed by atoms with Gasteiger partial charge in [0.05, 0.1) is 16.8 Å². The van der Waals surface area contributed by atoms with E-state index in [1.165, 1.54) is 6.33 Å². The highest BCUT2D eigenvalue weighted by Gasteiger charge is 2.35. The van der Waals surface area contributed by atoms with Gasteiger partial charge in [0, 0.05) is 25.7 Å². The number of amides is 1. The Labute approximate surface area is 177 Å². The molecule has 2 aromatic heterocycles. The second-order valence-electron chi connectivity index (χ2n) is 7.69. The normalized spacial score (nSPS) is 21.3. The topological polar surface area (TPSA) is 92.3 Å². The summed E-state index contributed by atoms with van der Waals surface area (Å²) in [5.41, 5.74) is -0.0799. The van der Waals surface area contributed by atoms with Crippen LogP contribution in [0.1, 0.15) is 43.9 Å². The van der Waals surface area contributed by atoms with E-state index in [9.17, 15) is 18.0 Å². The molecule has 2 aromatic rings. The molecule has 1 fully saturated rings. The average Bonchev–Trinajstić information content (AvgIpc) is 2.72. The van der Waals surface area contributed by atoms with Crippen LogP contribution in [-0.4, -0.2) is 46.7 Å². The summed E-state index contributed by atoms with van der Waals surface area (Å²) in [4.78, 5) is 26.6. The molecule has 0 saturated carbocycles. The van der Waals surface area contributed by atoms with Crippen LogP contribution in [0.5, 0.6) is 0 Å². The van der Waals surface area contributed by atoms with Crippen molar-refractivity contribution in [2.24, 2.45) is 0 Å². The van der Waals surface area contributed by atoms with E-state index in [2.05, 4.69) is 25.6 Å². The number of halogens is 3. The van der Waals surface area contributed by atoms with Gasteiger partial charge in [0.25, 0.3) is 0 Å². The Morgan fingerprint density at radius 2 is 2.10 bits per heavy atom. The number of pyridine rings is 1. The fourth-order valence-corrected chi connectivity index (χ4v) is 3.89. The van der Waals surface area contributed by atoms with Crippen LogP contribution in [-0.2, 0) is 10.9 Å². The van der Waals surface area contributed by atoms with Crippen molar-refractivity contribution in [1.82, 2.24) is 20.3 Å². The minimum absolute atomic E-state index is 0.0653. The number of carbonyl (C=O) groups excluding carboxylic acids is 1. The molecule has 0 spiro atoms. The van der Waals surface area contributed by atoms with E-state index in [4.69, 9.17) is 4.74 Å². The minimum Gasteiger partial charge on any atom is -0.441 e. The highest BCUT2D eigenvalue weighted by molar-refractivity contribution is 5.88. The fourth-order valence-electron chi connectivity index (χ4n) is 3.89. The molecule has 0 aromatic carbocycles. The lowest BCUT2D eigenvalue weighted by Crippen LogP contribution is -2.49. The first-order valence-electron chi connectivity index (χ1n) is 10.2. The maximum Gasteiger partial charge on any atom is 0.416 e. The Kier molecular flexibility index (Phi) is 5.69. The summed E-state index contributed by atoms with van der Waals surface area (Å²) in [5, 5.41) is 5.77. The largest absolute Gasteiger partial charge is 0.441 e. The third-order valence-corrected chi connectivity index (χ3v) is 5.30. The smallest absolute Gasteiger partial charge is 0.416 e. The number of carbonyl (C=O) groups is 1. The van der Waals surface area contributed by atoms with Gasteiger partial charge in [-0.2, -0.15) is 13.2 Å². The summed E-state index contributed by atoms with van der Waals surface area (Å²) >= 11 is 0. The van der Waals surface area contributed by atoms with Gasteiger partial charge in [-0.25, -0.2) is 19.7 Å². The number of fused-ring (bicyclic) bond motifs is 1. The predicted molar refractivity (Wildman–Crippen MR) is 108 cm³/mol. The highest BCUT2D eigenvalue weighted by atomic mass is 19.4. The molecular formula is C20H23F3N6O2. The third-order valence-electron chi connectivity index (χ3n) is 5.30. The Morgan fingerprint density at radius 3 is 2.81 bits per heavy atom. The van der Waals surface area contributed by atoms with Gasteiger partial charge in [-0.15, -0.1) is 0 Å². The van der Waals surface area contributed by atoms with Crippen molar-refractivity contribution in [3.8, 4) is 11.4 Å². The number of aromatic nitrogens is 3. The summed E-state index contributed by atoms with van der Waals surface area (Å²) in [6.45, 7) is 5.61. The summed E-state index contributed by atoms with van der Waals surface area (Å²) in [7, 11) is 0. The Morgan fingerprint density at radius 1 is 1.29 bits per heavy atom. The molecule has 4 heterocycles. The van der Waals surface area contributed by atoms with Gasteiger partial charge in [0.15, 0.2) is 0 Å². The van der Waals surface area contributed by atoms with Crippen molar-refractivity contribution >= 4 is 17.7 Å². The number of hydrogen-bond acceptors (Lipinski definition) is 7. The molecular weight excluding hydrogens is 413 g/mol. The van der Waals surface area contributed by atoms with Crippen molar-refractivity contribution in [1.29, 1.82) is 0 Å². The van der Waals surface area contributed by atoms with E-state index < -0.39 is 23.9 Å². The minimum atomic E-state index is -4.55. The fraction of sp³-hybridized carbons (Fsp3) is 0.500. The lowest BCUT2D eigenvalue weighted by Gasteiger charge is -2.33. The highest BCUT2D eigenvalue weighted by Crippen LogP contribution is 2.40. The van der Waals surface area contributed by atoms with Crippen molar-refractivity contribution in [3.63, 3.8) is 0 Å². The standard InChI is InChI=1S/C20H23F3N6O2/c1-3-4-14-16-17(25-10-26-18(16)28-19(30)31-14)13-7-12(20(21,22)23)8-15(27-13)29-6-5-24-11(2)9-29/h7-8,10-11,14,24H,3-6,9H2,1-2H3,(H,25,26,28,30)/t11-,14-/m0/s1. The molecule has 2 aliphatic rings. The van der Waals surface area contributed by atoms with Crippen molar-refractivity contribution < 1.29 is 22.7 Å². The number of nitrogens with zero attached hydrogens (tertiary/aromatic N) is 4. The number of cyclic esters (lactones) is 1. The second kappa shape index (κ2) is 8.29. The number of hydrogen-bond donors (Lipinski definition) is 2. The van der Waals surface area contributed by atoms with Gasteiger partial charge in [-0.1, -0.05) is 13.3 Å². The van der Waals surface area contributed by atoms with Crippen LogP contribution in [0, 0.1) is 0 Å². The van der Waals surface area contributed by atoms with Crippen molar-refractivity contribution in [3.05, 3.63) is 29.6 Å². The zero-order valence-electron chi connectivity index (χ0n) is 17.2. The maximum absolute atomic E-state index is 13.7. The van der Waals surface area contributed by atoms with Crippen LogP contribution in [0.15, 0.2) is 18.5 Å². The van der Waals surface area contributed by atoms with E-state index in [0.717, 1.165) is 12.1 Å². The molecule has 31 heavy (non-hydrogen) atoms. The van der Waals surface area contributed by atoms with Crippen LogP contribution in [0.4, 0.5) is 29.6 Å². The summed E-state index contributed by atoms with van der Waals surface area (Å²) in [6, 6.07) is 2.17. The number of piperazine rings is 1. The Hall–Kier alpha value is -2.95. The molecule has 2 aliphatic heterocycles. The molecule has 0 radical (unpaired) electrons. The molecule has 2 N–H and O–H groups in total. The van der Waals surface area contributed by atoms with Crippen LogP contribution in [0.2, 0.25) is 0 Å². The SMILES string of the molecule is CCC[C@@H]1OC(=O)Nc2ncnc(-c3cc(C(F)(F)F)cc(N4CCN[C@@H](C)C4)n3)c21. The summed E-state index contributed by atoms with van der Waals surface area (Å²) in [5.74, 6) is 0.467.